The highest BCUT2D eigenvalue weighted by molar-refractivity contribution is 6.30. The van der Waals surface area contributed by atoms with Crippen molar-refractivity contribution >= 4 is 11.6 Å². The van der Waals surface area contributed by atoms with Crippen LogP contribution in [0.2, 0.25) is 5.02 Å². The molecule has 4 heteroatoms. The Bertz CT molecular complexity index is 345. The van der Waals surface area contributed by atoms with E-state index in [1.165, 1.54) is 0 Å². The molecule has 0 heterocycles. The minimum absolute atomic E-state index is 0.0359. The van der Waals surface area contributed by atoms with Gasteiger partial charge in [-0.15, -0.1) is 0 Å². The zero-order valence-corrected chi connectivity index (χ0v) is 9.74. The lowest BCUT2D eigenvalue weighted by Gasteiger charge is -2.16. The molecule has 0 fully saturated rings. The van der Waals surface area contributed by atoms with Crippen molar-refractivity contribution in [3.63, 3.8) is 0 Å². The molecule has 0 bridgehead atoms. The first-order chi connectivity index (χ1) is 7.77. The standard InChI is InChI=1S/C12H15ClN2O/c13-11-5-3-10(4-6-11)12(9-16)15-8-2-1-7-14/h3-6,12,15-16H,1-2,8-9H2/t12-/m1/s1. The Morgan fingerprint density at radius 2 is 2.06 bits per heavy atom. The van der Waals surface area contributed by atoms with Crippen LogP contribution in [0.15, 0.2) is 24.3 Å². The molecule has 3 nitrogen and oxygen atoms in total. The maximum absolute atomic E-state index is 9.24. The van der Waals surface area contributed by atoms with E-state index in [1.54, 1.807) is 12.1 Å². The fraction of sp³-hybridized carbons (Fsp3) is 0.417. The van der Waals surface area contributed by atoms with E-state index in [-0.39, 0.29) is 12.6 Å². The predicted octanol–water partition coefficient (Wildman–Crippen LogP) is 2.27. The van der Waals surface area contributed by atoms with Crippen LogP contribution in [0.25, 0.3) is 0 Å². The van der Waals surface area contributed by atoms with Crippen molar-refractivity contribution < 1.29 is 5.11 Å². The Labute approximate surface area is 101 Å². The third kappa shape index (κ3) is 4.19. The summed E-state index contributed by atoms with van der Waals surface area (Å²) < 4.78 is 0. The van der Waals surface area contributed by atoms with E-state index in [2.05, 4.69) is 11.4 Å². The smallest absolute Gasteiger partial charge is 0.0626 e. The molecule has 1 aromatic carbocycles. The molecular formula is C12H15ClN2O. The quantitative estimate of drug-likeness (QED) is 0.748. The summed E-state index contributed by atoms with van der Waals surface area (Å²) in [6.45, 7) is 0.760. The SMILES string of the molecule is N#CCCCN[C@H](CO)c1ccc(Cl)cc1. The highest BCUT2D eigenvalue weighted by Gasteiger charge is 2.08. The van der Waals surface area contributed by atoms with Crippen molar-refractivity contribution in [3.8, 4) is 6.07 Å². The first-order valence-electron chi connectivity index (χ1n) is 5.24. The van der Waals surface area contributed by atoms with Gasteiger partial charge < -0.3 is 10.4 Å². The molecule has 0 unspecified atom stereocenters. The van der Waals surface area contributed by atoms with Gasteiger partial charge in [0.1, 0.15) is 0 Å². The van der Waals surface area contributed by atoms with Crippen molar-refractivity contribution in [1.82, 2.24) is 5.32 Å². The molecule has 0 saturated heterocycles. The normalized spacial score (nSPS) is 12.1. The van der Waals surface area contributed by atoms with E-state index in [0.29, 0.717) is 11.4 Å². The molecule has 0 aliphatic heterocycles. The number of aliphatic hydroxyl groups is 1. The van der Waals surface area contributed by atoms with Gasteiger partial charge in [0.15, 0.2) is 0 Å². The number of rotatable bonds is 6. The second kappa shape index (κ2) is 7.24. The third-order valence-electron chi connectivity index (χ3n) is 2.31. The van der Waals surface area contributed by atoms with Gasteiger partial charge in [-0.25, -0.2) is 0 Å². The summed E-state index contributed by atoms with van der Waals surface area (Å²) in [6, 6.07) is 9.38. The van der Waals surface area contributed by atoms with E-state index in [9.17, 15) is 5.11 Å². The van der Waals surface area contributed by atoms with Crippen molar-refractivity contribution in [3.05, 3.63) is 34.9 Å². The molecule has 0 aliphatic rings. The molecule has 2 N–H and O–H groups in total. The Morgan fingerprint density at radius 3 is 2.62 bits per heavy atom. The van der Waals surface area contributed by atoms with Gasteiger partial charge in [0.25, 0.3) is 0 Å². The lowest BCUT2D eigenvalue weighted by molar-refractivity contribution is 0.244. The second-order valence-corrected chi connectivity index (χ2v) is 3.94. The van der Waals surface area contributed by atoms with Gasteiger partial charge >= 0.3 is 0 Å². The highest BCUT2D eigenvalue weighted by atomic mass is 35.5. The molecule has 0 aromatic heterocycles. The van der Waals surface area contributed by atoms with E-state index < -0.39 is 0 Å². The summed E-state index contributed by atoms with van der Waals surface area (Å²) >= 11 is 5.79. The molecule has 16 heavy (non-hydrogen) atoms. The first kappa shape index (κ1) is 13.0. The molecule has 0 aliphatic carbocycles. The summed E-state index contributed by atoms with van der Waals surface area (Å²) in [6.07, 6.45) is 1.33. The average Bonchev–Trinajstić information content (AvgIpc) is 2.31. The van der Waals surface area contributed by atoms with Crippen LogP contribution in [0.5, 0.6) is 0 Å². The number of nitrogens with zero attached hydrogens (tertiary/aromatic N) is 1. The molecule has 1 aromatic rings. The summed E-state index contributed by atoms with van der Waals surface area (Å²) in [5.41, 5.74) is 1.00. The van der Waals surface area contributed by atoms with Crippen molar-refractivity contribution in [2.24, 2.45) is 0 Å². The fourth-order valence-corrected chi connectivity index (χ4v) is 1.55. The van der Waals surface area contributed by atoms with Crippen LogP contribution < -0.4 is 5.32 Å². The molecule has 0 spiro atoms. The third-order valence-corrected chi connectivity index (χ3v) is 2.56. The van der Waals surface area contributed by atoms with Crippen LogP contribution in [0, 0.1) is 11.3 Å². The first-order valence-corrected chi connectivity index (χ1v) is 5.62. The van der Waals surface area contributed by atoms with Gasteiger partial charge in [-0.05, 0) is 30.7 Å². The maximum atomic E-state index is 9.24. The Kier molecular flexibility index (Phi) is 5.87. The van der Waals surface area contributed by atoms with Crippen LogP contribution >= 0.6 is 11.6 Å². The summed E-state index contributed by atoms with van der Waals surface area (Å²) in [7, 11) is 0. The number of unbranched alkanes of at least 4 members (excludes halogenated alkanes) is 1. The number of hydrogen-bond acceptors (Lipinski definition) is 3. The summed E-state index contributed by atoms with van der Waals surface area (Å²) in [5.74, 6) is 0. The zero-order valence-electron chi connectivity index (χ0n) is 8.99. The van der Waals surface area contributed by atoms with Crippen molar-refractivity contribution in [1.29, 1.82) is 5.26 Å². The number of aliphatic hydroxyl groups excluding tert-OH is 1. The van der Waals surface area contributed by atoms with E-state index >= 15 is 0 Å². The van der Waals surface area contributed by atoms with Gasteiger partial charge in [-0.2, -0.15) is 5.26 Å². The number of nitrogens with one attached hydrogen (secondary N) is 1. The minimum atomic E-state index is -0.0871. The number of benzene rings is 1. The van der Waals surface area contributed by atoms with Gasteiger partial charge in [-0.3, -0.25) is 0 Å². The molecule has 1 atom stereocenters. The van der Waals surface area contributed by atoms with Gasteiger partial charge in [0.2, 0.25) is 0 Å². The Morgan fingerprint density at radius 1 is 1.38 bits per heavy atom. The van der Waals surface area contributed by atoms with Gasteiger partial charge in [0.05, 0.1) is 18.7 Å². The van der Waals surface area contributed by atoms with Crippen LogP contribution in [-0.4, -0.2) is 18.3 Å². The lowest BCUT2D eigenvalue weighted by atomic mass is 10.1. The largest absolute Gasteiger partial charge is 0.394 e. The van der Waals surface area contributed by atoms with E-state index in [1.807, 2.05) is 12.1 Å². The zero-order chi connectivity index (χ0) is 11.8. The Hall–Kier alpha value is -1.08. The summed E-state index contributed by atoms with van der Waals surface area (Å²) in [4.78, 5) is 0. The van der Waals surface area contributed by atoms with Crippen LogP contribution in [0.4, 0.5) is 0 Å². The molecule has 86 valence electrons. The second-order valence-electron chi connectivity index (χ2n) is 3.50. The van der Waals surface area contributed by atoms with Crippen LogP contribution in [0.1, 0.15) is 24.4 Å². The monoisotopic (exact) mass is 238 g/mol. The average molecular weight is 239 g/mol. The molecule has 1 rings (SSSR count). The summed E-state index contributed by atoms with van der Waals surface area (Å²) in [5, 5.41) is 21.5. The molecule has 0 radical (unpaired) electrons. The van der Waals surface area contributed by atoms with E-state index in [0.717, 1.165) is 18.5 Å². The Balaban J connectivity index is 2.48. The molecule has 0 saturated carbocycles. The van der Waals surface area contributed by atoms with Gasteiger partial charge in [0, 0.05) is 11.4 Å². The van der Waals surface area contributed by atoms with Crippen molar-refractivity contribution in [2.75, 3.05) is 13.2 Å². The molecular weight excluding hydrogens is 224 g/mol. The van der Waals surface area contributed by atoms with Gasteiger partial charge in [-0.1, -0.05) is 23.7 Å². The fourth-order valence-electron chi connectivity index (χ4n) is 1.43. The maximum Gasteiger partial charge on any atom is 0.0626 e. The van der Waals surface area contributed by atoms with Crippen LogP contribution in [-0.2, 0) is 0 Å². The van der Waals surface area contributed by atoms with Crippen LogP contribution in [0.3, 0.4) is 0 Å². The highest BCUT2D eigenvalue weighted by Crippen LogP contribution is 2.16. The molecule has 0 amide bonds. The van der Waals surface area contributed by atoms with Crippen molar-refractivity contribution in [2.45, 2.75) is 18.9 Å². The number of hydrogen-bond donors (Lipinski definition) is 2. The number of nitriles is 1. The topological polar surface area (TPSA) is 56.0 Å². The number of halogens is 1. The lowest BCUT2D eigenvalue weighted by Crippen LogP contribution is -2.25. The predicted molar refractivity (Wildman–Crippen MR) is 64.1 cm³/mol. The van der Waals surface area contributed by atoms with E-state index in [4.69, 9.17) is 16.9 Å². The minimum Gasteiger partial charge on any atom is -0.394 e.